The molecule has 0 bridgehead atoms. The molecule has 0 saturated heterocycles. The number of methoxy groups -OCH3 is 1. The van der Waals surface area contributed by atoms with Gasteiger partial charge in [0.25, 0.3) is 5.91 Å². The molecule has 0 aliphatic rings. The number of nitrogens with one attached hydrogen (secondary N) is 1. The first kappa shape index (κ1) is 22.7. The molecule has 180 valence electrons. The second-order valence-electron chi connectivity index (χ2n) is 7.73. The van der Waals surface area contributed by atoms with E-state index in [0.29, 0.717) is 34.0 Å². The van der Waals surface area contributed by atoms with Gasteiger partial charge in [0.1, 0.15) is 34.9 Å². The Hall–Kier alpha value is -5.06. The van der Waals surface area contributed by atoms with Crippen molar-refractivity contribution in [3.05, 3.63) is 90.1 Å². The molecule has 11 heteroatoms. The summed E-state index contributed by atoms with van der Waals surface area (Å²) >= 11 is 0. The number of nitrogens with two attached hydrogens (primary N) is 1. The molecule has 3 N–H and O–H groups in total. The van der Waals surface area contributed by atoms with Crippen LogP contribution in [0.15, 0.2) is 77.6 Å². The molecule has 10 nitrogen and oxygen atoms in total. The number of carbonyl (C=O) groups is 1. The number of carbonyl (C=O) groups excluding carboxylic acids is 1. The lowest BCUT2D eigenvalue weighted by Crippen LogP contribution is -2.14. The van der Waals surface area contributed by atoms with Gasteiger partial charge in [-0.3, -0.25) is 9.48 Å². The molecule has 5 rings (SSSR count). The third-order valence-corrected chi connectivity index (χ3v) is 5.39. The molecular weight excluding hydrogens is 465 g/mol. The lowest BCUT2D eigenvalue weighted by Gasteiger charge is -2.09. The Morgan fingerprint density at radius 2 is 2.00 bits per heavy atom. The van der Waals surface area contributed by atoms with Crippen LogP contribution in [0.25, 0.3) is 22.9 Å². The van der Waals surface area contributed by atoms with Gasteiger partial charge in [0.15, 0.2) is 11.6 Å². The third-order valence-electron chi connectivity index (χ3n) is 5.39. The van der Waals surface area contributed by atoms with E-state index in [9.17, 15) is 9.18 Å². The van der Waals surface area contributed by atoms with Gasteiger partial charge in [0.05, 0.1) is 25.5 Å². The summed E-state index contributed by atoms with van der Waals surface area (Å²) in [4.78, 5) is 21.3. The Labute approximate surface area is 204 Å². The Bertz CT molecular complexity index is 1530. The van der Waals surface area contributed by atoms with Crippen molar-refractivity contribution < 1.29 is 18.4 Å². The van der Waals surface area contributed by atoms with Gasteiger partial charge in [0.2, 0.25) is 0 Å². The molecule has 0 aliphatic carbocycles. The fraction of sp³-hybridized carbons (Fsp3) is 0.0800. The van der Waals surface area contributed by atoms with Crippen LogP contribution in [0, 0.1) is 5.82 Å². The third kappa shape index (κ3) is 4.62. The maximum absolute atomic E-state index is 14.3. The average Bonchev–Trinajstić information content (AvgIpc) is 3.57. The van der Waals surface area contributed by atoms with Crippen LogP contribution in [0.4, 0.5) is 15.9 Å². The second-order valence-corrected chi connectivity index (χ2v) is 7.73. The highest BCUT2D eigenvalue weighted by molar-refractivity contribution is 6.05. The van der Waals surface area contributed by atoms with Gasteiger partial charge in [-0.15, -0.1) is 0 Å². The summed E-state index contributed by atoms with van der Waals surface area (Å²) in [7, 11) is 1.52. The van der Waals surface area contributed by atoms with Gasteiger partial charge >= 0.3 is 0 Å². The van der Waals surface area contributed by atoms with Crippen molar-refractivity contribution in [2.45, 2.75) is 6.54 Å². The van der Waals surface area contributed by atoms with Gasteiger partial charge in [-0.05, 0) is 30.3 Å². The van der Waals surface area contributed by atoms with Crippen LogP contribution in [0.1, 0.15) is 15.9 Å². The Balaban J connectivity index is 1.44. The van der Waals surface area contributed by atoms with Crippen LogP contribution < -0.4 is 15.8 Å². The SMILES string of the molecule is COc1cccc(C(=O)Nc2cnc(-c3cc(-c4ccon4)n(Cc4ccccc4F)n3)nc2N)c1. The second kappa shape index (κ2) is 9.66. The summed E-state index contributed by atoms with van der Waals surface area (Å²) in [6.45, 7) is 0.152. The number of ether oxygens (including phenoxy) is 1. The zero-order chi connectivity index (χ0) is 25.1. The van der Waals surface area contributed by atoms with Crippen LogP contribution in [0.3, 0.4) is 0 Å². The molecule has 0 saturated carbocycles. The Morgan fingerprint density at radius 3 is 2.75 bits per heavy atom. The predicted octanol–water partition coefficient (Wildman–Crippen LogP) is 4.03. The van der Waals surface area contributed by atoms with Crippen molar-refractivity contribution >= 4 is 17.4 Å². The first-order chi connectivity index (χ1) is 17.5. The maximum Gasteiger partial charge on any atom is 0.255 e. The van der Waals surface area contributed by atoms with Crippen molar-refractivity contribution in [3.8, 4) is 28.7 Å². The highest BCUT2D eigenvalue weighted by atomic mass is 19.1. The van der Waals surface area contributed by atoms with Crippen LogP contribution >= 0.6 is 0 Å². The van der Waals surface area contributed by atoms with E-state index >= 15 is 0 Å². The van der Waals surface area contributed by atoms with Gasteiger partial charge in [-0.1, -0.05) is 29.4 Å². The smallest absolute Gasteiger partial charge is 0.255 e. The standard InChI is InChI=1S/C25H20FN7O3/c1-35-17-7-4-6-15(11-17)25(34)29-21-13-28-24(30-23(21)27)20-12-22(19-9-10-36-32-19)33(31-20)14-16-5-2-3-8-18(16)26/h2-13H,14H2,1H3,(H,29,34)(H2,27,28,30). The minimum atomic E-state index is -0.389. The number of halogens is 1. The Kier molecular flexibility index (Phi) is 6.10. The topological polar surface area (TPSA) is 134 Å². The predicted molar refractivity (Wildman–Crippen MR) is 130 cm³/mol. The minimum absolute atomic E-state index is 0.0582. The molecule has 36 heavy (non-hydrogen) atoms. The molecule has 5 aromatic rings. The van der Waals surface area contributed by atoms with Gasteiger partial charge < -0.3 is 20.3 Å². The zero-order valence-electron chi connectivity index (χ0n) is 19.1. The number of nitrogens with zero attached hydrogens (tertiary/aromatic N) is 5. The zero-order valence-corrected chi connectivity index (χ0v) is 19.1. The Morgan fingerprint density at radius 1 is 1.14 bits per heavy atom. The number of hydrogen-bond donors (Lipinski definition) is 2. The molecule has 3 heterocycles. The van der Waals surface area contributed by atoms with E-state index in [4.69, 9.17) is 15.0 Å². The van der Waals surface area contributed by atoms with E-state index in [-0.39, 0.29) is 35.6 Å². The van der Waals surface area contributed by atoms with E-state index in [2.05, 4.69) is 25.5 Å². The number of benzene rings is 2. The molecule has 0 atom stereocenters. The number of rotatable bonds is 7. The van der Waals surface area contributed by atoms with E-state index < -0.39 is 0 Å². The maximum atomic E-state index is 14.3. The molecule has 2 aromatic carbocycles. The summed E-state index contributed by atoms with van der Waals surface area (Å²) in [6, 6.07) is 16.5. The van der Waals surface area contributed by atoms with Crippen molar-refractivity contribution in [3.63, 3.8) is 0 Å². The van der Waals surface area contributed by atoms with Crippen molar-refractivity contribution in [1.82, 2.24) is 24.9 Å². The lowest BCUT2D eigenvalue weighted by molar-refractivity contribution is 0.102. The molecule has 3 aromatic heterocycles. The molecular formula is C25H20FN7O3. The van der Waals surface area contributed by atoms with Crippen LogP contribution in [0.5, 0.6) is 5.75 Å². The van der Waals surface area contributed by atoms with E-state index in [0.717, 1.165) is 0 Å². The summed E-state index contributed by atoms with van der Waals surface area (Å²) < 4.78 is 26.0. The summed E-state index contributed by atoms with van der Waals surface area (Å²) in [5.41, 5.74) is 8.70. The summed E-state index contributed by atoms with van der Waals surface area (Å²) in [6.07, 6.45) is 2.84. The number of nitrogen functional groups attached to an aromatic ring is 1. The average molecular weight is 485 g/mol. The van der Waals surface area contributed by atoms with Gasteiger partial charge in [-0.25, -0.2) is 14.4 Å². The van der Waals surface area contributed by atoms with Crippen molar-refractivity contribution in [2.24, 2.45) is 0 Å². The van der Waals surface area contributed by atoms with E-state index in [1.807, 2.05) is 0 Å². The first-order valence-electron chi connectivity index (χ1n) is 10.8. The highest BCUT2D eigenvalue weighted by Crippen LogP contribution is 2.27. The van der Waals surface area contributed by atoms with Gasteiger partial charge in [0, 0.05) is 17.2 Å². The van der Waals surface area contributed by atoms with Crippen LogP contribution in [-0.2, 0) is 6.54 Å². The minimum Gasteiger partial charge on any atom is -0.497 e. The molecule has 1 amide bonds. The van der Waals surface area contributed by atoms with Crippen LogP contribution in [0.2, 0.25) is 0 Å². The summed E-state index contributed by atoms with van der Waals surface area (Å²) in [5.74, 6) is 0.0969. The largest absolute Gasteiger partial charge is 0.497 e. The van der Waals surface area contributed by atoms with Crippen molar-refractivity contribution in [1.29, 1.82) is 0 Å². The lowest BCUT2D eigenvalue weighted by atomic mass is 10.2. The number of anilines is 2. The normalized spacial score (nSPS) is 10.8. The number of hydrogen-bond acceptors (Lipinski definition) is 8. The summed E-state index contributed by atoms with van der Waals surface area (Å²) in [5, 5.41) is 11.2. The fourth-order valence-corrected chi connectivity index (χ4v) is 3.56. The van der Waals surface area contributed by atoms with Crippen LogP contribution in [-0.4, -0.2) is 37.9 Å². The number of aromatic nitrogens is 5. The molecule has 0 radical (unpaired) electrons. The molecule has 0 unspecified atom stereocenters. The van der Waals surface area contributed by atoms with Gasteiger partial charge in [-0.2, -0.15) is 5.10 Å². The fourth-order valence-electron chi connectivity index (χ4n) is 3.56. The van der Waals surface area contributed by atoms with E-state index in [1.165, 1.54) is 25.6 Å². The monoisotopic (exact) mass is 485 g/mol. The molecule has 0 aliphatic heterocycles. The number of amides is 1. The van der Waals surface area contributed by atoms with E-state index in [1.54, 1.807) is 59.3 Å². The highest BCUT2D eigenvalue weighted by Gasteiger charge is 2.18. The molecule has 0 spiro atoms. The molecule has 0 fully saturated rings. The quantitative estimate of drug-likeness (QED) is 0.353. The first-order valence-corrected chi connectivity index (χ1v) is 10.8. The van der Waals surface area contributed by atoms with Crippen molar-refractivity contribution in [2.75, 3.05) is 18.2 Å².